The number of aromatic nitrogens is 1. The molecule has 3 rings (SSSR count). The standard InChI is InChI=1S/C16H10BrClIN3S/c17-15-11(6-12(18)7-13(15)19)8-20-22-16-21-14(9-23-16)10-4-2-1-3-5-10/h1-9H,(H,21,22). The van der Waals surface area contributed by atoms with Crippen LogP contribution >= 0.6 is 61.5 Å². The molecule has 0 aliphatic rings. The molecule has 1 N–H and O–H groups in total. The van der Waals surface area contributed by atoms with Crippen LogP contribution in [-0.4, -0.2) is 11.2 Å². The first-order valence-electron chi connectivity index (χ1n) is 6.58. The highest BCUT2D eigenvalue weighted by molar-refractivity contribution is 14.1. The average molecular weight is 519 g/mol. The van der Waals surface area contributed by atoms with Gasteiger partial charge in [0.2, 0.25) is 5.13 Å². The van der Waals surface area contributed by atoms with Crippen molar-refractivity contribution in [3.05, 3.63) is 66.5 Å². The number of anilines is 1. The minimum Gasteiger partial charge on any atom is -0.253 e. The molecule has 0 saturated heterocycles. The van der Waals surface area contributed by atoms with E-state index >= 15 is 0 Å². The molecule has 0 radical (unpaired) electrons. The second kappa shape index (κ2) is 7.74. The minimum absolute atomic E-state index is 0.680. The highest BCUT2D eigenvalue weighted by Crippen LogP contribution is 2.27. The summed E-state index contributed by atoms with van der Waals surface area (Å²) >= 11 is 13.3. The molecule has 116 valence electrons. The molecule has 1 heterocycles. The van der Waals surface area contributed by atoms with Gasteiger partial charge in [-0.15, -0.1) is 11.3 Å². The number of hydrogen-bond donors (Lipinski definition) is 1. The lowest BCUT2D eigenvalue weighted by molar-refractivity contribution is 1.29. The van der Waals surface area contributed by atoms with E-state index < -0.39 is 0 Å². The largest absolute Gasteiger partial charge is 0.253 e. The smallest absolute Gasteiger partial charge is 0.203 e. The SMILES string of the molecule is Clc1cc(I)c(Br)c(C=NNc2nc(-c3ccccc3)cs2)c1. The van der Waals surface area contributed by atoms with Crippen molar-refractivity contribution in [2.24, 2.45) is 5.10 Å². The van der Waals surface area contributed by atoms with Crippen LogP contribution in [0.2, 0.25) is 5.02 Å². The molecule has 0 unspecified atom stereocenters. The van der Waals surface area contributed by atoms with Gasteiger partial charge in [-0.1, -0.05) is 41.9 Å². The third kappa shape index (κ3) is 4.32. The second-order valence-electron chi connectivity index (χ2n) is 4.56. The minimum atomic E-state index is 0.680. The fourth-order valence-electron chi connectivity index (χ4n) is 1.89. The Morgan fingerprint density at radius 2 is 2.04 bits per heavy atom. The van der Waals surface area contributed by atoms with Gasteiger partial charge < -0.3 is 0 Å². The monoisotopic (exact) mass is 517 g/mol. The summed E-state index contributed by atoms with van der Waals surface area (Å²) in [5.74, 6) is 0. The summed E-state index contributed by atoms with van der Waals surface area (Å²) < 4.78 is 2.01. The molecular weight excluding hydrogens is 509 g/mol. The number of hydrogen-bond acceptors (Lipinski definition) is 4. The van der Waals surface area contributed by atoms with E-state index in [-0.39, 0.29) is 0 Å². The molecule has 0 bridgehead atoms. The molecule has 0 atom stereocenters. The highest BCUT2D eigenvalue weighted by Gasteiger charge is 2.05. The number of thiazole rings is 1. The lowest BCUT2D eigenvalue weighted by Gasteiger charge is -2.02. The quantitative estimate of drug-likeness (QED) is 0.191. The van der Waals surface area contributed by atoms with Crippen molar-refractivity contribution in [3.8, 4) is 11.3 Å². The number of rotatable bonds is 4. The van der Waals surface area contributed by atoms with Gasteiger partial charge in [-0.3, -0.25) is 5.43 Å². The summed E-state index contributed by atoms with van der Waals surface area (Å²) in [6.45, 7) is 0. The topological polar surface area (TPSA) is 37.3 Å². The summed E-state index contributed by atoms with van der Waals surface area (Å²) in [5.41, 5.74) is 5.90. The molecule has 7 heteroatoms. The first kappa shape index (κ1) is 16.9. The van der Waals surface area contributed by atoms with E-state index in [0.717, 1.165) is 30.0 Å². The van der Waals surface area contributed by atoms with Crippen LogP contribution in [0.1, 0.15) is 5.56 Å². The molecular formula is C16H10BrClIN3S. The van der Waals surface area contributed by atoms with E-state index in [9.17, 15) is 0 Å². The van der Waals surface area contributed by atoms with Crippen molar-refractivity contribution in [2.45, 2.75) is 0 Å². The molecule has 0 aliphatic carbocycles. The average Bonchev–Trinajstić information content (AvgIpc) is 3.02. The van der Waals surface area contributed by atoms with Crippen molar-refractivity contribution in [2.75, 3.05) is 5.43 Å². The number of halogens is 3. The van der Waals surface area contributed by atoms with Gasteiger partial charge in [-0.05, 0) is 50.7 Å². The fourth-order valence-corrected chi connectivity index (χ4v) is 3.95. The number of hydrazone groups is 1. The lowest BCUT2D eigenvalue weighted by Crippen LogP contribution is -1.92. The van der Waals surface area contributed by atoms with Crippen molar-refractivity contribution in [1.29, 1.82) is 0 Å². The number of nitrogens with zero attached hydrogens (tertiary/aromatic N) is 2. The third-order valence-corrected chi connectivity index (χ3v) is 6.40. The maximum Gasteiger partial charge on any atom is 0.203 e. The van der Waals surface area contributed by atoms with Gasteiger partial charge in [0.15, 0.2) is 0 Å². The molecule has 0 amide bonds. The van der Waals surface area contributed by atoms with Gasteiger partial charge in [0, 0.05) is 29.6 Å². The Morgan fingerprint density at radius 3 is 2.83 bits per heavy atom. The van der Waals surface area contributed by atoms with Crippen molar-refractivity contribution >= 4 is 72.8 Å². The normalized spacial score (nSPS) is 11.1. The second-order valence-corrected chi connectivity index (χ2v) is 7.81. The van der Waals surface area contributed by atoms with Gasteiger partial charge in [0.25, 0.3) is 0 Å². The highest BCUT2D eigenvalue weighted by atomic mass is 127. The van der Waals surface area contributed by atoms with E-state index in [1.807, 2.05) is 47.8 Å². The van der Waals surface area contributed by atoms with Crippen LogP contribution in [0.5, 0.6) is 0 Å². The maximum atomic E-state index is 6.07. The maximum absolute atomic E-state index is 6.07. The number of nitrogens with one attached hydrogen (secondary N) is 1. The Balaban J connectivity index is 1.73. The summed E-state index contributed by atoms with van der Waals surface area (Å²) in [6.07, 6.45) is 1.72. The van der Waals surface area contributed by atoms with Crippen molar-refractivity contribution in [1.82, 2.24) is 4.98 Å². The van der Waals surface area contributed by atoms with Crippen LogP contribution in [0.4, 0.5) is 5.13 Å². The molecule has 1 aromatic heterocycles. The zero-order valence-electron chi connectivity index (χ0n) is 11.6. The predicted octanol–water partition coefficient (Wildman–Crippen LogP) is 6.28. The molecule has 3 nitrogen and oxygen atoms in total. The van der Waals surface area contributed by atoms with Crippen molar-refractivity contribution < 1.29 is 0 Å². The van der Waals surface area contributed by atoms with Gasteiger partial charge in [-0.2, -0.15) is 5.10 Å². The van der Waals surface area contributed by atoms with Gasteiger partial charge in [0.05, 0.1) is 11.9 Å². The molecule has 2 aromatic carbocycles. The van der Waals surface area contributed by atoms with E-state index in [4.69, 9.17) is 11.6 Å². The Labute approximate surface area is 165 Å². The molecule has 3 aromatic rings. The van der Waals surface area contributed by atoms with Crippen LogP contribution < -0.4 is 5.43 Å². The van der Waals surface area contributed by atoms with Gasteiger partial charge in [-0.25, -0.2) is 4.98 Å². The summed E-state index contributed by atoms with van der Waals surface area (Å²) in [7, 11) is 0. The molecule has 23 heavy (non-hydrogen) atoms. The van der Waals surface area contributed by atoms with Crippen LogP contribution in [0.15, 0.2) is 57.4 Å². The Morgan fingerprint density at radius 1 is 1.26 bits per heavy atom. The third-order valence-electron chi connectivity index (χ3n) is 2.96. The van der Waals surface area contributed by atoms with E-state index in [0.29, 0.717) is 5.02 Å². The lowest BCUT2D eigenvalue weighted by atomic mass is 10.2. The predicted molar refractivity (Wildman–Crippen MR) is 111 cm³/mol. The van der Waals surface area contributed by atoms with Crippen molar-refractivity contribution in [3.63, 3.8) is 0 Å². The molecule has 0 fully saturated rings. The van der Waals surface area contributed by atoms with E-state index in [1.165, 1.54) is 11.3 Å². The zero-order valence-corrected chi connectivity index (χ0v) is 16.9. The Hall–Kier alpha value is -0.960. The molecule has 0 spiro atoms. The summed E-state index contributed by atoms with van der Waals surface area (Å²) in [4.78, 5) is 4.52. The van der Waals surface area contributed by atoms with Crippen LogP contribution in [0, 0.1) is 3.57 Å². The first-order chi connectivity index (χ1) is 11.1. The number of benzene rings is 2. The molecule has 0 aliphatic heterocycles. The van der Waals surface area contributed by atoms with Gasteiger partial charge in [0.1, 0.15) is 0 Å². The van der Waals surface area contributed by atoms with E-state index in [1.54, 1.807) is 6.21 Å². The first-order valence-corrected chi connectivity index (χ1v) is 9.71. The summed E-state index contributed by atoms with van der Waals surface area (Å²) in [6, 6.07) is 13.8. The van der Waals surface area contributed by atoms with E-state index in [2.05, 4.69) is 54.0 Å². The Bertz CT molecular complexity index is 852. The molecule has 0 saturated carbocycles. The van der Waals surface area contributed by atoms with Gasteiger partial charge >= 0.3 is 0 Å². The van der Waals surface area contributed by atoms with Crippen LogP contribution in [-0.2, 0) is 0 Å². The summed E-state index contributed by atoms with van der Waals surface area (Å²) in [5, 5.41) is 7.67. The Kier molecular flexibility index (Phi) is 5.68. The zero-order chi connectivity index (χ0) is 16.2. The van der Waals surface area contributed by atoms with Crippen LogP contribution in [0.25, 0.3) is 11.3 Å². The fraction of sp³-hybridized carbons (Fsp3) is 0. The van der Waals surface area contributed by atoms with Crippen LogP contribution in [0.3, 0.4) is 0 Å².